The van der Waals surface area contributed by atoms with Gasteiger partial charge in [-0.1, -0.05) is 20.8 Å². The molecule has 0 heterocycles. The summed E-state index contributed by atoms with van der Waals surface area (Å²) >= 11 is 0. The Hall–Kier alpha value is -1.46. The van der Waals surface area contributed by atoms with Crippen LogP contribution in [0.1, 0.15) is 47.5 Å². The maximum Gasteiger partial charge on any atom is 0.407 e. The molecule has 0 aromatic heterocycles. The first kappa shape index (κ1) is 21.5. The lowest BCUT2D eigenvalue weighted by Crippen LogP contribution is -2.36. The Morgan fingerprint density at radius 2 is 1.48 bits per heavy atom. The topological polar surface area (TPSA) is 76.7 Å². The smallest absolute Gasteiger partial charge is 0.407 e. The third-order valence-corrected chi connectivity index (χ3v) is 3.14. The molecule has 0 aromatic carbocycles. The Kier molecular flexibility index (Phi) is 9.68. The fraction of sp³-hybridized carbons (Fsp3) is 0.765. The molecule has 0 aliphatic heterocycles. The van der Waals surface area contributed by atoms with Crippen molar-refractivity contribution in [3.8, 4) is 0 Å². The van der Waals surface area contributed by atoms with Gasteiger partial charge in [0.25, 0.3) is 0 Å². The molecule has 2 radical (unpaired) electrons. The molecule has 0 aliphatic carbocycles. The maximum atomic E-state index is 11.5. The minimum Gasteiger partial charge on any atom is -0.447 e. The quantitative estimate of drug-likeness (QED) is 0.680. The van der Waals surface area contributed by atoms with Crippen LogP contribution in [0.4, 0.5) is 9.59 Å². The molecule has 6 nitrogen and oxygen atoms in total. The van der Waals surface area contributed by atoms with E-state index in [-0.39, 0.29) is 17.6 Å². The fourth-order valence-corrected chi connectivity index (χ4v) is 2.30. The molecule has 2 amide bonds. The van der Waals surface area contributed by atoms with Gasteiger partial charge in [-0.3, -0.25) is 0 Å². The lowest BCUT2D eigenvalue weighted by molar-refractivity contribution is 0.119. The number of ether oxygens (including phenoxy) is 2. The molecule has 23 heavy (non-hydrogen) atoms. The van der Waals surface area contributed by atoms with Gasteiger partial charge >= 0.3 is 12.2 Å². The standard InChI is InChI=1S/C17H32N2O4/c1-12(2)22-15(20)18-9-8-14(5)10-17(6,7)11-19-16(21)23-13(3)4/h12-14H,1,3,8-11H2,2,4-7H3,(H,18,20)(H,19,21). The lowest BCUT2D eigenvalue weighted by atomic mass is 9.82. The fourth-order valence-electron chi connectivity index (χ4n) is 2.30. The normalized spacial score (nSPS) is 12.9. The Balaban J connectivity index is 4.00. The Morgan fingerprint density at radius 3 is 1.96 bits per heavy atom. The SMILES string of the molecule is [CH2]C(C)OC(=O)NCCC(C)CC(C)(C)CNC(=O)OC([CH2])C. The van der Waals surface area contributed by atoms with Crippen LogP contribution in [0.5, 0.6) is 0 Å². The van der Waals surface area contributed by atoms with E-state index in [9.17, 15) is 9.59 Å². The van der Waals surface area contributed by atoms with Crippen LogP contribution in [0.2, 0.25) is 0 Å². The van der Waals surface area contributed by atoms with Crippen molar-refractivity contribution in [3.63, 3.8) is 0 Å². The van der Waals surface area contributed by atoms with Crippen molar-refractivity contribution in [3.05, 3.63) is 13.8 Å². The van der Waals surface area contributed by atoms with Crippen molar-refractivity contribution in [2.24, 2.45) is 11.3 Å². The number of carbonyl (C=O) groups is 2. The van der Waals surface area contributed by atoms with Crippen LogP contribution >= 0.6 is 0 Å². The minimum atomic E-state index is -0.445. The van der Waals surface area contributed by atoms with Crippen LogP contribution in [0.3, 0.4) is 0 Å². The third-order valence-electron chi connectivity index (χ3n) is 3.14. The highest BCUT2D eigenvalue weighted by Gasteiger charge is 2.22. The van der Waals surface area contributed by atoms with Gasteiger partial charge in [0.1, 0.15) is 12.2 Å². The van der Waals surface area contributed by atoms with Gasteiger partial charge in [0.15, 0.2) is 0 Å². The van der Waals surface area contributed by atoms with Gasteiger partial charge in [-0.15, -0.1) is 0 Å². The molecule has 0 aliphatic rings. The molecule has 6 heteroatoms. The van der Waals surface area contributed by atoms with Crippen LogP contribution in [0.25, 0.3) is 0 Å². The molecule has 0 bridgehead atoms. The van der Waals surface area contributed by atoms with E-state index >= 15 is 0 Å². The van der Waals surface area contributed by atoms with E-state index in [2.05, 4.69) is 45.3 Å². The summed E-state index contributed by atoms with van der Waals surface area (Å²) in [6.07, 6.45) is 0.132. The van der Waals surface area contributed by atoms with Gasteiger partial charge in [-0.2, -0.15) is 0 Å². The molecule has 134 valence electrons. The summed E-state index contributed by atoms with van der Waals surface area (Å²) in [6, 6.07) is 0. The number of hydrogen-bond donors (Lipinski definition) is 2. The first-order chi connectivity index (χ1) is 10.5. The summed E-state index contributed by atoms with van der Waals surface area (Å²) in [5.41, 5.74) is -0.0643. The highest BCUT2D eigenvalue weighted by atomic mass is 16.6. The molecule has 0 saturated carbocycles. The van der Waals surface area contributed by atoms with Crippen molar-refractivity contribution in [1.82, 2.24) is 10.6 Å². The monoisotopic (exact) mass is 328 g/mol. The predicted molar refractivity (Wildman–Crippen MR) is 90.8 cm³/mol. The van der Waals surface area contributed by atoms with Crippen molar-refractivity contribution in [2.45, 2.75) is 59.7 Å². The van der Waals surface area contributed by atoms with Gasteiger partial charge in [0.2, 0.25) is 0 Å². The van der Waals surface area contributed by atoms with Gasteiger partial charge in [0.05, 0.1) is 0 Å². The van der Waals surface area contributed by atoms with Gasteiger partial charge in [0, 0.05) is 13.1 Å². The van der Waals surface area contributed by atoms with E-state index in [0.717, 1.165) is 12.8 Å². The maximum absolute atomic E-state index is 11.5. The number of amides is 2. The van der Waals surface area contributed by atoms with Crippen molar-refractivity contribution in [2.75, 3.05) is 13.1 Å². The minimum absolute atomic E-state index is 0.0643. The van der Waals surface area contributed by atoms with Crippen LogP contribution in [0, 0.1) is 25.2 Å². The Labute approximate surface area is 140 Å². The molecular formula is C17H32N2O4. The second-order valence-corrected chi connectivity index (χ2v) is 6.97. The van der Waals surface area contributed by atoms with E-state index in [0.29, 0.717) is 19.0 Å². The van der Waals surface area contributed by atoms with E-state index in [1.165, 1.54) is 0 Å². The largest absolute Gasteiger partial charge is 0.447 e. The number of hydrogen-bond acceptors (Lipinski definition) is 4. The molecule has 0 aromatic rings. The number of carbonyl (C=O) groups excluding carboxylic acids is 2. The zero-order valence-electron chi connectivity index (χ0n) is 15.1. The van der Waals surface area contributed by atoms with Crippen molar-refractivity contribution >= 4 is 12.2 Å². The van der Waals surface area contributed by atoms with Crippen molar-refractivity contribution < 1.29 is 19.1 Å². The molecule has 0 rings (SSSR count). The third kappa shape index (κ3) is 12.7. The highest BCUT2D eigenvalue weighted by Crippen LogP contribution is 2.26. The zero-order valence-corrected chi connectivity index (χ0v) is 15.1. The van der Waals surface area contributed by atoms with Crippen molar-refractivity contribution in [1.29, 1.82) is 0 Å². The number of nitrogens with one attached hydrogen (secondary N) is 2. The molecule has 2 N–H and O–H groups in total. The molecule has 0 spiro atoms. The number of alkyl carbamates (subject to hydrolysis) is 2. The Morgan fingerprint density at radius 1 is 1.00 bits per heavy atom. The van der Waals surface area contributed by atoms with Crippen LogP contribution in [-0.4, -0.2) is 37.5 Å². The zero-order chi connectivity index (χ0) is 18.0. The van der Waals surface area contributed by atoms with Crippen LogP contribution in [-0.2, 0) is 9.47 Å². The van der Waals surface area contributed by atoms with E-state index < -0.39 is 12.2 Å². The van der Waals surface area contributed by atoms with Gasteiger partial charge < -0.3 is 20.1 Å². The Bertz CT molecular complexity index is 368. The van der Waals surface area contributed by atoms with Gasteiger partial charge in [-0.05, 0) is 51.9 Å². The molecule has 3 atom stereocenters. The molecule has 0 saturated heterocycles. The van der Waals surface area contributed by atoms with E-state index in [1.54, 1.807) is 13.8 Å². The number of rotatable bonds is 9. The van der Waals surface area contributed by atoms with E-state index in [1.807, 2.05) is 0 Å². The summed E-state index contributed by atoms with van der Waals surface area (Å²) < 4.78 is 9.85. The second kappa shape index (κ2) is 10.3. The van der Waals surface area contributed by atoms with Crippen LogP contribution in [0.15, 0.2) is 0 Å². The van der Waals surface area contributed by atoms with E-state index in [4.69, 9.17) is 9.47 Å². The summed E-state index contributed by atoms with van der Waals surface area (Å²) in [4.78, 5) is 22.8. The summed E-state index contributed by atoms with van der Waals surface area (Å²) in [6.45, 7) is 18.0. The summed E-state index contributed by atoms with van der Waals surface area (Å²) in [5, 5.41) is 5.46. The first-order valence-corrected chi connectivity index (χ1v) is 8.07. The first-order valence-electron chi connectivity index (χ1n) is 8.07. The highest BCUT2D eigenvalue weighted by molar-refractivity contribution is 5.67. The average Bonchev–Trinajstić information content (AvgIpc) is 2.34. The summed E-state index contributed by atoms with van der Waals surface area (Å²) in [5.74, 6) is 0.395. The molecule has 0 fully saturated rings. The van der Waals surface area contributed by atoms with Crippen LogP contribution < -0.4 is 10.6 Å². The lowest BCUT2D eigenvalue weighted by Gasteiger charge is -2.28. The molecule has 3 unspecified atom stereocenters. The predicted octanol–water partition coefficient (Wildman–Crippen LogP) is 3.33. The average molecular weight is 328 g/mol. The van der Waals surface area contributed by atoms with Gasteiger partial charge in [-0.25, -0.2) is 9.59 Å². The molecular weight excluding hydrogens is 296 g/mol. The second-order valence-electron chi connectivity index (χ2n) is 6.97. The summed E-state index contributed by atoms with van der Waals surface area (Å²) in [7, 11) is 0.